The molecule has 0 saturated heterocycles. The van der Waals surface area contributed by atoms with Crippen LogP contribution >= 0.6 is 11.6 Å². The third kappa shape index (κ3) is 5.91. The number of halogens is 1. The normalized spacial score (nSPS) is 13.4. The van der Waals surface area contributed by atoms with E-state index in [1.165, 1.54) is 5.56 Å². The van der Waals surface area contributed by atoms with Gasteiger partial charge in [-0.25, -0.2) is 5.43 Å². The van der Waals surface area contributed by atoms with Crippen molar-refractivity contribution in [2.24, 2.45) is 5.10 Å². The summed E-state index contributed by atoms with van der Waals surface area (Å²) in [7, 11) is 0. The van der Waals surface area contributed by atoms with Gasteiger partial charge in [0.2, 0.25) is 0 Å². The van der Waals surface area contributed by atoms with Crippen molar-refractivity contribution < 1.29 is 9.53 Å². The van der Waals surface area contributed by atoms with Crippen LogP contribution in [-0.2, 0) is 4.79 Å². The fraction of sp³-hybridized carbons (Fsp3) is 0.300. The number of carbonyl (C=O) groups is 1. The molecule has 0 spiro atoms. The summed E-state index contributed by atoms with van der Waals surface area (Å²) >= 11 is 5.98. The summed E-state index contributed by atoms with van der Waals surface area (Å²) in [6.07, 6.45) is 1.81. The van der Waals surface area contributed by atoms with E-state index in [1.54, 1.807) is 31.3 Å². The minimum absolute atomic E-state index is 0.295. The number of hydrogen-bond donors (Lipinski definition) is 1. The van der Waals surface area contributed by atoms with Crippen LogP contribution in [0.5, 0.6) is 5.75 Å². The molecule has 0 aliphatic carbocycles. The highest BCUT2D eigenvalue weighted by molar-refractivity contribution is 6.31. The first kappa shape index (κ1) is 19.0. The van der Waals surface area contributed by atoms with Crippen molar-refractivity contribution in [2.75, 3.05) is 0 Å². The molecule has 2 aromatic rings. The van der Waals surface area contributed by atoms with Gasteiger partial charge in [-0.15, -0.1) is 0 Å². The molecule has 5 heteroatoms. The third-order valence-corrected chi connectivity index (χ3v) is 4.33. The van der Waals surface area contributed by atoms with Gasteiger partial charge >= 0.3 is 0 Å². The van der Waals surface area contributed by atoms with Crippen LogP contribution in [0.3, 0.4) is 0 Å². The molecule has 0 fully saturated rings. The zero-order valence-corrected chi connectivity index (χ0v) is 15.5. The summed E-state index contributed by atoms with van der Waals surface area (Å²) in [6.45, 7) is 5.69. The highest BCUT2D eigenvalue weighted by Gasteiger charge is 2.14. The van der Waals surface area contributed by atoms with Crippen LogP contribution in [0.2, 0.25) is 5.02 Å². The monoisotopic (exact) mass is 358 g/mol. The molecule has 0 heterocycles. The second-order valence-electron chi connectivity index (χ2n) is 6.01. The van der Waals surface area contributed by atoms with Crippen LogP contribution in [0.25, 0.3) is 0 Å². The smallest absolute Gasteiger partial charge is 0.280 e. The van der Waals surface area contributed by atoms with Crippen LogP contribution < -0.4 is 10.2 Å². The zero-order chi connectivity index (χ0) is 18.2. The molecule has 0 aliphatic rings. The Morgan fingerprint density at radius 3 is 2.64 bits per heavy atom. The van der Waals surface area contributed by atoms with Gasteiger partial charge in [-0.1, -0.05) is 48.9 Å². The number of carbonyl (C=O) groups excluding carboxylic acids is 1. The summed E-state index contributed by atoms with van der Waals surface area (Å²) in [5.74, 6) is 0.648. The highest BCUT2D eigenvalue weighted by atomic mass is 35.5. The first-order chi connectivity index (χ1) is 12.0. The molecule has 0 saturated carbocycles. The number of hydrogen-bond acceptors (Lipinski definition) is 3. The topological polar surface area (TPSA) is 50.7 Å². The standard InChI is InChI=1S/C20H23ClN2O2/c1-14(17-7-5-4-6-8-17)11-12-22-23-20(24)16(3)25-18-9-10-19(21)15(2)13-18/h4-10,12-14,16H,11H2,1-3H3,(H,23,24)/t14-,16-/m1/s1. The molecule has 2 rings (SSSR count). The minimum Gasteiger partial charge on any atom is -0.481 e. The van der Waals surface area contributed by atoms with Gasteiger partial charge < -0.3 is 4.74 Å². The number of nitrogens with one attached hydrogen (secondary N) is 1. The van der Waals surface area contributed by atoms with E-state index in [-0.39, 0.29) is 5.91 Å². The van der Waals surface area contributed by atoms with Crippen LogP contribution in [0, 0.1) is 6.92 Å². The molecule has 2 aromatic carbocycles. The lowest BCUT2D eigenvalue weighted by atomic mass is 9.99. The predicted molar refractivity (Wildman–Crippen MR) is 102 cm³/mol. The summed E-state index contributed by atoms with van der Waals surface area (Å²) < 4.78 is 5.61. The van der Waals surface area contributed by atoms with Gasteiger partial charge in [0.15, 0.2) is 6.10 Å². The van der Waals surface area contributed by atoms with E-state index in [1.807, 2.05) is 25.1 Å². The van der Waals surface area contributed by atoms with Crippen molar-refractivity contribution in [3.05, 3.63) is 64.7 Å². The predicted octanol–water partition coefficient (Wildman–Crippen LogP) is 4.71. The van der Waals surface area contributed by atoms with Crippen LogP contribution in [-0.4, -0.2) is 18.2 Å². The van der Waals surface area contributed by atoms with E-state index in [9.17, 15) is 4.79 Å². The molecule has 0 aromatic heterocycles. The molecule has 0 aliphatic heterocycles. The second kappa shape index (κ2) is 9.23. The van der Waals surface area contributed by atoms with Crippen molar-refractivity contribution >= 4 is 23.7 Å². The van der Waals surface area contributed by atoms with E-state index < -0.39 is 6.10 Å². The Kier molecular flexibility index (Phi) is 7.02. The highest BCUT2D eigenvalue weighted by Crippen LogP contribution is 2.22. The van der Waals surface area contributed by atoms with E-state index in [0.29, 0.717) is 16.7 Å². The Morgan fingerprint density at radius 1 is 1.24 bits per heavy atom. The maximum absolute atomic E-state index is 12.0. The number of hydrazone groups is 1. The zero-order valence-electron chi connectivity index (χ0n) is 14.7. The van der Waals surface area contributed by atoms with Crippen molar-refractivity contribution in [1.82, 2.24) is 5.43 Å². The van der Waals surface area contributed by atoms with Crippen LogP contribution in [0.1, 0.15) is 37.3 Å². The van der Waals surface area contributed by atoms with Crippen LogP contribution in [0.4, 0.5) is 0 Å². The van der Waals surface area contributed by atoms with Gasteiger partial charge in [-0.3, -0.25) is 4.79 Å². The maximum atomic E-state index is 12.0. The number of aryl methyl sites for hydroxylation is 1. The number of rotatable bonds is 7. The average molecular weight is 359 g/mol. The van der Waals surface area contributed by atoms with E-state index in [2.05, 4.69) is 29.6 Å². The molecule has 25 heavy (non-hydrogen) atoms. The molecule has 132 valence electrons. The van der Waals surface area contributed by atoms with Crippen molar-refractivity contribution in [1.29, 1.82) is 0 Å². The Labute approximate surface area is 153 Å². The summed E-state index contributed by atoms with van der Waals surface area (Å²) in [5.41, 5.74) is 4.66. The number of amides is 1. The Balaban J connectivity index is 1.79. The molecular formula is C20H23ClN2O2. The first-order valence-corrected chi connectivity index (χ1v) is 8.64. The number of nitrogens with zero attached hydrogens (tertiary/aromatic N) is 1. The number of ether oxygens (including phenoxy) is 1. The van der Waals surface area contributed by atoms with Gasteiger partial charge in [0.05, 0.1) is 0 Å². The lowest BCUT2D eigenvalue weighted by Crippen LogP contribution is -2.33. The van der Waals surface area contributed by atoms with Crippen molar-refractivity contribution in [3.63, 3.8) is 0 Å². The molecule has 0 unspecified atom stereocenters. The van der Waals surface area contributed by atoms with Gasteiger partial charge in [0.25, 0.3) is 5.91 Å². The quantitative estimate of drug-likeness (QED) is 0.575. The first-order valence-electron chi connectivity index (χ1n) is 8.26. The summed E-state index contributed by atoms with van der Waals surface area (Å²) in [4.78, 5) is 12.0. The van der Waals surface area contributed by atoms with Gasteiger partial charge in [0.1, 0.15) is 5.75 Å². The van der Waals surface area contributed by atoms with Gasteiger partial charge in [0, 0.05) is 11.2 Å². The second-order valence-corrected chi connectivity index (χ2v) is 6.41. The van der Waals surface area contributed by atoms with E-state index in [0.717, 1.165) is 12.0 Å². The fourth-order valence-corrected chi connectivity index (χ4v) is 2.39. The number of benzene rings is 2. The molecular weight excluding hydrogens is 336 g/mol. The molecule has 1 amide bonds. The molecule has 2 atom stereocenters. The fourth-order valence-electron chi connectivity index (χ4n) is 2.28. The molecule has 0 bridgehead atoms. The van der Waals surface area contributed by atoms with Crippen molar-refractivity contribution in [2.45, 2.75) is 39.2 Å². The Bertz CT molecular complexity index is 732. The van der Waals surface area contributed by atoms with Crippen LogP contribution in [0.15, 0.2) is 53.6 Å². The molecule has 4 nitrogen and oxygen atoms in total. The lowest BCUT2D eigenvalue weighted by molar-refractivity contribution is -0.127. The Morgan fingerprint density at radius 2 is 1.96 bits per heavy atom. The van der Waals surface area contributed by atoms with E-state index in [4.69, 9.17) is 16.3 Å². The molecule has 0 radical (unpaired) electrons. The minimum atomic E-state index is -0.649. The van der Waals surface area contributed by atoms with Gasteiger partial charge in [-0.05, 0) is 55.5 Å². The van der Waals surface area contributed by atoms with Crippen molar-refractivity contribution in [3.8, 4) is 5.75 Å². The van der Waals surface area contributed by atoms with E-state index >= 15 is 0 Å². The SMILES string of the molecule is Cc1cc(O[C@H](C)C(=O)NN=CC[C@@H](C)c2ccccc2)ccc1Cl. The summed E-state index contributed by atoms with van der Waals surface area (Å²) in [6, 6.07) is 15.5. The lowest BCUT2D eigenvalue weighted by Gasteiger charge is -2.14. The summed E-state index contributed by atoms with van der Waals surface area (Å²) in [5, 5.41) is 4.67. The Hall–Kier alpha value is -2.33. The third-order valence-electron chi connectivity index (χ3n) is 3.91. The largest absolute Gasteiger partial charge is 0.481 e. The average Bonchev–Trinajstić information content (AvgIpc) is 2.62. The molecule has 1 N–H and O–H groups in total. The van der Waals surface area contributed by atoms with Gasteiger partial charge in [-0.2, -0.15) is 5.10 Å². The maximum Gasteiger partial charge on any atom is 0.280 e.